The summed E-state index contributed by atoms with van der Waals surface area (Å²) in [5.74, 6) is -1.82. The first-order valence-corrected chi connectivity index (χ1v) is 5.81. The number of halogens is 1. The van der Waals surface area contributed by atoms with Gasteiger partial charge in [0.1, 0.15) is 10.7 Å². The van der Waals surface area contributed by atoms with Gasteiger partial charge in [-0.1, -0.05) is 0 Å². The Kier molecular flexibility index (Phi) is 3.55. The van der Waals surface area contributed by atoms with Gasteiger partial charge in [-0.3, -0.25) is 10.1 Å². The summed E-state index contributed by atoms with van der Waals surface area (Å²) in [6.45, 7) is -0.640. The van der Waals surface area contributed by atoms with E-state index in [0.29, 0.717) is 6.07 Å². The van der Waals surface area contributed by atoms with Crippen molar-refractivity contribution in [1.82, 2.24) is 0 Å². The molecule has 0 aliphatic rings. The monoisotopic (exact) mass is 249 g/mol. The fourth-order valence-corrected chi connectivity index (χ4v) is 2.18. The zero-order valence-electron chi connectivity index (χ0n) is 7.96. The third-order valence-electron chi connectivity index (χ3n) is 1.82. The van der Waals surface area contributed by atoms with Gasteiger partial charge in [-0.2, -0.15) is 0 Å². The van der Waals surface area contributed by atoms with E-state index in [4.69, 9.17) is 5.11 Å². The van der Waals surface area contributed by atoms with Gasteiger partial charge in [0.25, 0.3) is 5.69 Å². The molecule has 1 N–H and O–H groups in total. The van der Waals surface area contributed by atoms with E-state index in [9.17, 15) is 22.9 Å². The molecule has 1 aromatic rings. The van der Waals surface area contributed by atoms with Crippen LogP contribution in [0.1, 0.15) is 0 Å². The Labute approximate surface area is 90.4 Å². The molecule has 0 spiro atoms. The molecule has 0 fully saturated rings. The lowest BCUT2D eigenvalue weighted by atomic mass is 10.3. The Morgan fingerprint density at radius 1 is 1.44 bits per heavy atom. The van der Waals surface area contributed by atoms with Crippen molar-refractivity contribution in [3.05, 3.63) is 34.1 Å². The summed E-state index contributed by atoms with van der Waals surface area (Å²) in [7, 11) is -3.93. The fraction of sp³-hybridized carbons (Fsp3) is 0.250. The van der Waals surface area contributed by atoms with Crippen molar-refractivity contribution in [2.45, 2.75) is 4.90 Å². The van der Waals surface area contributed by atoms with Crippen molar-refractivity contribution in [2.24, 2.45) is 0 Å². The molecule has 16 heavy (non-hydrogen) atoms. The molecule has 0 unspecified atom stereocenters. The molecule has 88 valence electrons. The fourth-order valence-electron chi connectivity index (χ4n) is 1.09. The second-order valence-electron chi connectivity index (χ2n) is 2.91. The molecule has 0 bridgehead atoms. The Hall–Kier alpha value is -1.54. The number of nitro groups is 1. The Bertz CT molecular complexity index is 513. The van der Waals surface area contributed by atoms with E-state index in [0.717, 1.165) is 12.1 Å². The molecule has 0 radical (unpaired) electrons. The number of benzene rings is 1. The maximum absolute atomic E-state index is 13.3. The number of rotatable bonds is 4. The van der Waals surface area contributed by atoms with Gasteiger partial charge < -0.3 is 5.11 Å². The normalized spacial score (nSPS) is 11.4. The van der Waals surface area contributed by atoms with Gasteiger partial charge in [0, 0.05) is 6.07 Å². The first kappa shape index (κ1) is 12.5. The Morgan fingerprint density at radius 3 is 2.50 bits per heavy atom. The van der Waals surface area contributed by atoms with Crippen LogP contribution < -0.4 is 0 Å². The quantitative estimate of drug-likeness (QED) is 0.619. The van der Waals surface area contributed by atoms with Crippen LogP contribution in [0.25, 0.3) is 0 Å². The highest BCUT2D eigenvalue weighted by atomic mass is 32.2. The second-order valence-corrected chi connectivity index (χ2v) is 4.99. The Morgan fingerprint density at radius 2 is 2.06 bits per heavy atom. The summed E-state index contributed by atoms with van der Waals surface area (Å²) in [4.78, 5) is 8.82. The average molecular weight is 249 g/mol. The van der Waals surface area contributed by atoms with Gasteiger partial charge in [0.15, 0.2) is 9.84 Å². The molecule has 8 heteroatoms. The van der Waals surface area contributed by atoms with E-state index in [1.165, 1.54) is 0 Å². The van der Waals surface area contributed by atoms with Crippen molar-refractivity contribution >= 4 is 15.5 Å². The molecule has 0 heterocycles. The van der Waals surface area contributed by atoms with Crippen LogP contribution in [0.2, 0.25) is 0 Å². The number of nitrogens with zero attached hydrogens (tertiary/aromatic N) is 1. The minimum absolute atomic E-state index is 0.527. The molecule has 0 saturated carbocycles. The van der Waals surface area contributed by atoms with Crippen LogP contribution in [0.15, 0.2) is 23.1 Å². The zero-order valence-corrected chi connectivity index (χ0v) is 8.78. The molecule has 6 nitrogen and oxygen atoms in total. The average Bonchev–Trinajstić information content (AvgIpc) is 2.16. The summed E-state index contributed by atoms with van der Waals surface area (Å²) in [6, 6.07) is 2.25. The highest BCUT2D eigenvalue weighted by Crippen LogP contribution is 2.21. The van der Waals surface area contributed by atoms with Crippen molar-refractivity contribution < 1.29 is 22.8 Å². The van der Waals surface area contributed by atoms with E-state index in [-0.39, 0.29) is 0 Å². The first-order chi connectivity index (χ1) is 7.38. The van der Waals surface area contributed by atoms with Gasteiger partial charge in [-0.25, -0.2) is 12.8 Å². The topological polar surface area (TPSA) is 97.5 Å². The van der Waals surface area contributed by atoms with E-state index >= 15 is 0 Å². The zero-order chi connectivity index (χ0) is 12.3. The first-order valence-electron chi connectivity index (χ1n) is 4.16. The highest BCUT2D eigenvalue weighted by molar-refractivity contribution is 7.91. The largest absolute Gasteiger partial charge is 0.395 e. The number of non-ortho nitro benzene ring substituents is 1. The van der Waals surface area contributed by atoms with Gasteiger partial charge in [0.05, 0.1) is 23.3 Å². The molecule has 0 aliphatic carbocycles. The highest BCUT2D eigenvalue weighted by Gasteiger charge is 2.21. The smallest absolute Gasteiger partial charge is 0.272 e. The predicted molar refractivity (Wildman–Crippen MR) is 52.2 cm³/mol. The van der Waals surface area contributed by atoms with Crippen molar-refractivity contribution in [2.75, 3.05) is 12.4 Å². The molecule has 0 amide bonds. The standard InChI is InChI=1S/C8H8FNO5S/c9-7-5-6(10(12)13)1-2-8(7)16(14,15)4-3-11/h1-2,5,11H,3-4H2. The van der Waals surface area contributed by atoms with E-state index < -0.39 is 43.5 Å². The summed E-state index contributed by atoms with van der Waals surface area (Å²) >= 11 is 0. The molecular weight excluding hydrogens is 241 g/mol. The van der Waals surface area contributed by atoms with E-state index in [2.05, 4.69) is 0 Å². The van der Waals surface area contributed by atoms with Crippen molar-refractivity contribution in [3.63, 3.8) is 0 Å². The molecule has 1 rings (SSSR count). The number of nitro benzene ring substituents is 1. The number of hydrogen-bond acceptors (Lipinski definition) is 5. The number of hydrogen-bond donors (Lipinski definition) is 1. The van der Waals surface area contributed by atoms with Crippen LogP contribution in [-0.4, -0.2) is 30.8 Å². The van der Waals surface area contributed by atoms with Crippen LogP contribution in [0.4, 0.5) is 10.1 Å². The van der Waals surface area contributed by atoms with Crippen LogP contribution in [0.3, 0.4) is 0 Å². The van der Waals surface area contributed by atoms with Crippen molar-refractivity contribution in [3.8, 4) is 0 Å². The summed E-state index contributed by atoms with van der Waals surface area (Å²) in [5.41, 5.74) is -0.527. The number of aliphatic hydroxyl groups is 1. The Balaban J connectivity index is 3.23. The van der Waals surface area contributed by atoms with Crippen LogP contribution in [0.5, 0.6) is 0 Å². The van der Waals surface area contributed by atoms with Gasteiger partial charge >= 0.3 is 0 Å². The molecule has 0 aromatic heterocycles. The minimum Gasteiger partial charge on any atom is -0.395 e. The van der Waals surface area contributed by atoms with Gasteiger partial charge in [-0.05, 0) is 6.07 Å². The van der Waals surface area contributed by atoms with Crippen LogP contribution in [0, 0.1) is 15.9 Å². The molecular formula is C8H8FNO5S. The molecule has 0 aliphatic heterocycles. The summed E-state index contributed by atoms with van der Waals surface area (Å²) in [6.07, 6.45) is 0. The lowest BCUT2D eigenvalue weighted by molar-refractivity contribution is -0.385. The lowest BCUT2D eigenvalue weighted by Gasteiger charge is -2.03. The predicted octanol–water partition coefficient (Wildman–Crippen LogP) is 0.500. The molecule has 0 atom stereocenters. The SMILES string of the molecule is O=[N+]([O-])c1ccc(S(=O)(=O)CCO)c(F)c1. The summed E-state index contributed by atoms with van der Waals surface area (Å²) in [5, 5.41) is 18.8. The van der Waals surface area contributed by atoms with Crippen LogP contribution in [-0.2, 0) is 9.84 Å². The van der Waals surface area contributed by atoms with Crippen molar-refractivity contribution in [1.29, 1.82) is 0 Å². The van der Waals surface area contributed by atoms with E-state index in [1.807, 2.05) is 0 Å². The lowest BCUT2D eigenvalue weighted by Crippen LogP contribution is -2.11. The number of sulfone groups is 1. The summed E-state index contributed by atoms with van der Waals surface area (Å²) < 4.78 is 36.0. The maximum Gasteiger partial charge on any atom is 0.272 e. The molecule has 1 aromatic carbocycles. The number of aliphatic hydroxyl groups excluding tert-OH is 1. The van der Waals surface area contributed by atoms with E-state index in [1.54, 1.807) is 0 Å². The van der Waals surface area contributed by atoms with Gasteiger partial charge in [-0.15, -0.1) is 0 Å². The third-order valence-corrected chi connectivity index (χ3v) is 3.54. The second kappa shape index (κ2) is 4.54. The van der Waals surface area contributed by atoms with Crippen LogP contribution >= 0.6 is 0 Å². The maximum atomic E-state index is 13.3. The molecule has 0 saturated heterocycles. The minimum atomic E-state index is -3.93. The van der Waals surface area contributed by atoms with Gasteiger partial charge in [0.2, 0.25) is 0 Å². The third kappa shape index (κ3) is 2.52.